The second kappa shape index (κ2) is 7.84. The normalized spacial score (nSPS) is 21.3. The first-order valence-electron chi connectivity index (χ1n) is 9.62. The lowest BCUT2D eigenvalue weighted by Crippen LogP contribution is -2.39. The summed E-state index contributed by atoms with van der Waals surface area (Å²) in [6.45, 7) is 10.0. The molecule has 0 bridgehead atoms. The molecule has 2 heterocycles. The van der Waals surface area contributed by atoms with E-state index in [1.807, 2.05) is 32.9 Å². The van der Waals surface area contributed by atoms with Gasteiger partial charge in [0, 0.05) is 30.5 Å². The van der Waals surface area contributed by atoms with E-state index in [1.165, 1.54) is 38.8 Å². The van der Waals surface area contributed by atoms with Crippen molar-refractivity contribution in [3.63, 3.8) is 0 Å². The molecule has 0 aliphatic carbocycles. The van der Waals surface area contributed by atoms with Crippen LogP contribution in [0.5, 0.6) is 0 Å². The second-order valence-corrected chi connectivity index (χ2v) is 8.34. The highest BCUT2D eigenvalue weighted by molar-refractivity contribution is 5.95. The standard InChI is InChI=1S/C20H31N3O3/c1-20(2,3)26-25-19(24)17-9-8-15(13-18(17)21)23-12-6-7-16(23)14-22-10-4-5-11-22/h8-9,13,16H,4-7,10-12,14,21H2,1-3H3/t16-/m0/s1. The van der Waals surface area contributed by atoms with Gasteiger partial charge in [0.15, 0.2) is 0 Å². The van der Waals surface area contributed by atoms with Gasteiger partial charge in [-0.05, 0) is 77.7 Å². The van der Waals surface area contributed by atoms with Crippen LogP contribution in [0, 0.1) is 0 Å². The number of carbonyl (C=O) groups is 1. The van der Waals surface area contributed by atoms with E-state index in [0.29, 0.717) is 17.3 Å². The number of likely N-dealkylation sites (tertiary alicyclic amines) is 1. The number of nitrogens with zero attached hydrogens (tertiary/aromatic N) is 2. The molecule has 0 saturated carbocycles. The van der Waals surface area contributed by atoms with Crippen molar-refractivity contribution in [2.24, 2.45) is 0 Å². The molecule has 144 valence electrons. The van der Waals surface area contributed by atoms with Gasteiger partial charge >= 0.3 is 5.97 Å². The molecular weight excluding hydrogens is 330 g/mol. The molecule has 1 aromatic carbocycles. The van der Waals surface area contributed by atoms with Crippen molar-refractivity contribution in [3.8, 4) is 0 Å². The van der Waals surface area contributed by atoms with Gasteiger partial charge < -0.3 is 15.5 Å². The van der Waals surface area contributed by atoms with E-state index in [2.05, 4.69) is 9.80 Å². The van der Waals surface area contributed by atoms with Crippen molar-refractivity contribution in [1.29, 1.82) is 0 Å². The zero-order valence-corrected chi connectivity index (χ0v) is 16.2. The van der Waals surface area contributed by atoms with Gasteiger partial charge in [0.1, 0.15) is 5.60 Å². The molecule has 3 rings (SSSR count). The highest BCUT2D eigenvalue weighted by Gasteiger charge is 2.28. The molecule has 2 aliphatic heterocycles. The Morgan fingerprint density at radius 1 is 1.19 bits per heavy atom. The van der Waals surface area contributed by atoms with Crippen molar-refractivity contribution in [2.45, 2.75) is 58.1 Å². The molecule has 2 N–H and O–H groups in total. The lowest BCUT2D eigenvalue weighted by molar-refractivity contribution is -0.301. The number of benzene rings is 1. The lowest BCUT2D eigenvalue weighted by atomic mass is 10.1. The van der Waals surface area contributed by atoms with E-state index in [1.54, 1.807) is 6.07 Å². The van der Waals surface area contributed by atoms with Gasteiger partial charge in [0.25, 0.3) is 0 Å². The maximum absolute atomic E-state index is 12.2. The summed E-state index contributed by atoms with van der Waals surface area (Å²) in [5.74, 6) is -0.556. The Balaban J connectivity index is 1.67. The van der Waals surface area contributed by atoms with Gasteiger partial charge in [-0.15, -0.1) is 0 Å². The topological polar surface area (TPSA) is 68.0 Å². The summed E-state index contributed by atoms with van der Waals surface area (Å²) in [5, 5.41) is 0. The fourth-order valence-electron chi connectivity index (χ4n) is 3.75. The van der Waals surface area contributed by atoms with Crippen LogP contribution in [0.2, 0.25) is 0 Å². The number of hydrogen-bond acceptors (Lipinski definition) is 6. The maximum atomic E-state index is 12.2. The Kier molecular flexibility index (Phi) is 5.73. The van der Waals surface area contributed by atoms with Crippen LogP contribution in [0.3, 0.4) is 0 Å². The molecule has 2 aliphatic rings. The third-order valence-electron chi connectivity index (χ3n) is 5.00. The third kappa shape index (κ3) is 4.68. The van der Waals surface area contributed by atoms with Gasteiger partial charge in [-0.1, -0.05) is 0 Å². The molecule has 0 radical (unpaired) electrons. The molecule has 0 aromatic heterocycles. The number of carbonyl (C=O) groups excluding carboxylic acids is 1. The second-order valence-electron chi connectivity index (χ2n) is 8.34. The first-order chi connectivity index (χ1) is 12.3. The predicted octanol–water partition coefficient (Wildman–Crippen LogP) is 3.22. The molecule has 0 spiro atoms. The Hall–Kier alpha value is -1.79. The smallest absolute Gasteiger partial charge is 0.375 e. The van der Waals surface area contributed by atoms with Gasteiger partial charge in [-0.2, -0.15) is 4.89 Å². The number of nitrogens with two attached hydrogens (primary N) is 1. The molecular formula is C20H31N3O3. The van der Waals surface area contributed by atoms with Crippen LogP contribution >= 0.6 is 0 Å². The van der Waals surface area contributed by atoms with Crippen molar-refractivity contribution < 1.29 is 14.6 Å². The fourth-order valence-corrected chi connectivity index (χ4v) is 3.75. The van der Waals surface area contributed by atoms with E-state index >= 15 is 0 Å². The molecule has 6 heteroatoms. The summed E-state index contributed by atoms with van der Waals surface area (Å²) in [6, 6.07) is 6.11. The zero-order chi connectivity index (χ0) is 18.7. The Morgan fingerprint density at radius 2 is 1.92 bits per heavy atom. The van der Waals surface area contributed by atoms with Crippen molar-refractivity contribution in [1.82, 2.24) is 4.90 Å². The lowest BCUT2D eigenvalue weighted by Gasteiger charge is -2.30. The molecule has 26 heavy (non-hydrogen) atoms. The number of hydrogen-bond donors (Lipinski definition) is 1. The fraction of sp³-hybridized carbons (Fsp3) is 0.650. The summed E-state index contributed by atoms with van der Waals surface area (Å²) < 4.78 is 0. The number of nitrogen functional groups attached to an aromatic ring is 1. The van der Waals surface area contributed by atoms with Crippen LogP contribution in [0.1, 0.15) is 56.8 Å². The van der Waals surface area contributed by atoms with E-state index < -0.39 is 11.6 Å². The van der Waals surface area contributed by atoms with Crippen molar-refractivity contribution >= 4 is 17.3 Å². The first kappa shape index (κ1) is 19.0. The van der Waals surface area contributed by atoms with Crippen molar-refractivity contribution in [2.75, 3.05) is 36.8 Å². The van der Waals surface area contributed by atoms with Gasteiger partial charge in [0.05, 0.1) is 5.56 Å². The Morgan fingerprint density at radius 3 is 2.58 bits per heavy atom. The summed E-state index contributed by atoms with van der Waals surface area (Å²) in [7, 11) is 0. The summed E-state index contributed by atoms with van der Waals surface area (Å²) in [6.07, 6.45) is 5.03. The Labute approximate surface area is 156 Å². The largest absolute Gasteiger partial charge is 0.398 e. The molecule has 1 aromatic rings. The van der Waals surface area contributed by atoms with E-state index in [4.69, 9.17) is 15.5 Å². The first-order valence-corrected chi connectivity index (χ1v) is 9.62. The molecule has 0 unspecified atom stereocenters. The monoisotopic (exact) mass is 361 g/mol. The van der Waals surface area contributed by atoms with Crippen molar-refractivity contribution in [3.05, 3.63) is 23.8 Å². The van der Waals surface area contributed by atoms with Gasteiger partial charge in [-0.25, -0.2) is 4.79 Å². The third-order valence-corrected chi connectivity index (χ3v) is 5.00. The average molecular weight is 361 g/mol. The van der Waals surface area contributed by atoms with E-state index in [9.17, 15) is 4.79 Å². The quantitative estimate of drug-likeness (QED) is 0.493. The molecule has 6 nitrogen and oxygen atoms in total. The maximum Gasteiger partial charge on any atom is 0.375 e. The summed E-state index contributed by atoms with van der Waals surface area (Å²) in [5.41, 5.74) is 7.44. The summed E-state index contributed by atoms with van der Waals surface area (Å²) >= 11 is 0. The molecule has 1 atom stereocenters. The molecule has 0 amide bonds. The van der Waals surface area contributed by atoms with Crippen LogP contribution in [0.4, 0.5) is 11.4 Å². The van der Waals surface area contributed by atoms with Crippen LogP contribution in [-0.2, 0) is 9.78 Å². The van der Waals surface area contributed by atoms with Gasteiger partial charge in [0.2, 0.25) is 0 Å². The number of anilines is 2. The minimum Gasteiger partial charge on any atom is -0.398 e. The van der Waals surface area contributed by atoms with Gasteiger partial charge in [-0.3, -0.25) is 4.89 Å². The van der Waals surface area contributed by atoms with Crippen LogP contribution in [0.15, 0.2) is 18.2 Å². The Bertz CT molecular complexity index is 636. The average Bonchev–Trinajstić information content (AvgIpc) is 3.24. The molecule has 2 saturated heterocycles. The predicted molar refractivity (Wildman–Crippen MR) is 103 cm³/mol. The van der Waals surface area contributed by atoms with Crippen LogP contribution in [-0.4, -0.2) is 48.7 Å². The van der Waals surface area contributed by atoms with Crippen LogP contribution in [0.25, 0.3) is 0 Å². The van der Waals surface area contributed by atoms with E-state index in [0.717, 1.165) is 18.8 Å². The zero-order valence-electron chi connectivity index (χ0n) is 16.2. The van der Waals surface area contributed by atoms with E-state index in [-0.39, 0.29) is 0 Å². The minimum atomic E-state index is -0.556. The SMILES string of the molecule is CC(C)(C)OOC(=O)c1ccc(N2CCC[C@H]2CN2CCCC2)cc1N. The summed E-state index contributed by atoms with van der Waals surface area (Å²) in [4.78, 5) is 27.2. The highest BCUT2D eigenvalue weighted by Crippen LogP contribution is 2.30. The minimum absolute atomic E-state index is 0.341. The number of rotatable bonds is 5. The highest BCUT2D eigenvalue weighted by atomic mass is 17.2. The molecule has 2 fully saturated rings. The van der Waals surface area contributed by atoms with Crippen LogP contribution < -0.4 is 10.6 Å².